The van der Waals surface area contributed by atoms with Crippen LogP contribution in [0.3, 0.4) is 0 Å². The van der Waals surface area contributed by atoms with E-state index in [2.05, 4.69) is 55.2 Å². The van der Waals surface area contributed by atoms with Crippen LogP contribution in [0, 0.1) is 5.41 Å². The monoisotopic (exact) mass is 412 g/mol. The molecule has 5 heteroatoms. The van der Waals surface area contributed by atoms with Crippen molar-refractivity contribution in [2.75, 3.05) is 31.1 Å². The Morgan fingerprint density at radius 2 is 1.72 bits per heavy atom. The molecule has 4 nitrogen and oxygen atoms in total. The number of rotatable bonds is 11. The maximum atomic E-state index is 5.82. The zero-order chi connectivity index (χ0) is 20.7. The third-order valence-electron chi connectivity index (χ3n) is 5.69. The molecule has 4 N–H and O–H groups in total. The standard InChI is InChI=1S/C24H36N4S/c1-3-15-28(16-4-2)19-7-8-20-22(17-19)29-23-18-24(10-5-13-25,11-6-14-26)12-9-21(23)27-20/h7-9,12,17-18H,3-6,10-11,13-16,25-26H2,1-2H3. The second-order valence-electron chi connectivity index (χ2n) is 8.10. The van der Waals surface area contributed by atoms with Crippen LogP contribution in [0.4, 0.5) is 11.4 Å². The highest BCUT2D eigenvalue weighted by Crippen LogP contribution is 2.47. The number of aliphatic imine (C=N–C) groups is 1. The van der Waals surface area contributed by atoms with E-state index in [1.807, 2.05) is 11.8 Å². The van der Waals surface area contributed by atoms with E-state index in [0.29, 0.717) is 0 Å². The molecule has 0 atom stereocenters. The van der Waals surface area contributed by atoms with Crippen LogP contribution in [-0.4, -0.2) is 31.9 Å². The van der Waals surface area contributed by atoms with E-state index in [4.69, 9.17) is 16.5 Å². The molecular formula is C24H36N4S. The molecule has 0 unspecified atom stereocenters. The van der Waals surface area contributed by atoms with Gasteiger partial charge in [0.05, 0.1) is 11.4 Å². The lowest BCUT2D eigenvalue weighted by Crippen LogP contribution is -2.25. The maximum absolute atomic E-state index is 5.82. The van der Waals surface area contributed by atoms with Gasteiger partial charge in [0.1, 0.15) is 0 Å². The summed E-state index contributed by atoms with van der Waals surface area (Å²) in [4.78, 5) is 9.99. The summed E-state index contributed by atoms with van der Waals surface area (Å²) >= 11 is 1.87. The fourth-order valence-corrected chi connectivity index (χ4v) is 5.36. The van der Waals surface area contributed by atoms with Crippen molar-refractivity contribution in [3.05, 3.63) is 41.3 Å². The zero-order valence-electron chi connectivity index (χ0n) is 18.0. The Labute approximate surface area is 180 Å². The summed E-state index contributed by atoms with van der Waals surface area (Å²) in [6.45, 7) is 8.14. The van der Waals surface area contributed by atoms with Crippen molar-refractivity contribution >= 4 is 28.8 Å². The smallest absolute Gasteiger partial charge is 0.0778 e. The minimum Gasteiger partial charge on any atom is -0.372 e. The van der Waals surface area contributed by atoms with Crippen LogP contribution >= 0.6 is 11.8 Å². The van der Waals surface area contributed by atoms with Crippen molar-refractivity contribution in [1.29, 1.82) is 0 Å². The number of hydrogen-bond acceptors (Lipinski definition) is 5. The van der Waals surface area contributed by atoms with Gasteiger partial charge in [-0.2, -0.15) is 0 Å². The van der Waals surface area contributed by atoms with Gasteiger partial charge >= 0.3 is 0 Å². The molecule has 0 saturated carbocycles. The van der Waals surface area contributed by atoms with Gasteiger partial charge in [-0.3, -0.25) is 0 Å². The molecule has 29 heavy (non-hydrogen) atoms. The van der Waals surface area contributed by atoms with E-state index in [-0.39, 0.29) is 5.41 Å². The molecule has 0 spiro atoms. The highest BCUT2D eigenvalue weighted by molar-refractivity contribution is 8.04. The molecule has 1 aromatic carbocycles. The minimum atomic E-state index is 0.0612. The summed E-state index contributed by atoms with van der Waals surface area (Å²) in [5.74, 6) is 0. The normalized spacial score (nSPS) is 16.7. The number of allylic oxidation sites excluding steroid dienone is 4. The second-order valence-corrected chi connectivity index (χ2v) is 9.18. The molecule has 0 saturated heterocycles. The Balaban J connectivity index is 1.89. The Morgan fingerprint density at radius 1 is 1.03 bits per heavy atom. The summed E-state index contributed by atoms with van der Waals surface area (Å²) in [5.41, 5.74) is 15.2. The molecule has 1 aliphatic carbocycles. The van der Waals surface area contributed by atoms with Gasteiger partial charge in [-0.1, -0.05) is 37.8 Å². The molecule has 3 rings (SSSR count). The third-order valence-corrected chi connectivity index (χ3v) is 6.79. The fourth-order valence-electron chi connectivity index (χ4n) is 4.21. The van der Waals surface area contributed by atoms with Crippen LogP contribution < -0.4 is 16.4 Å². The molecule has 1 aliphatic heterocycles. The van der Waals surface area contributed by atoms with Gasteiger partial charge < -0.3 is 16.4 Å². The summed E-state index contributed by atoms with van der Waals surface area (Å²) < 4.78 is 0. The molecule has 0 aromatic heterocycles. The molecule has 0 amide bonds. The first kappa shape index (κ1) is 22.1. The zero-order valence-corrected chi connectivity index (χ0v) is 18.8. The summed E-state index contributed by atoms with van der Waals surface area (Å²) in [6.07, 6.45) is 13.5. The number of thioether (sulfide) groups is 1. The van der Waals surface area contributed by atoms with Crippen molar-refractivity contribution < 1.29 is 0 Å². The number of nitrogens with zero attached hydrogens (tertiary/aromatic N) is 2. The lowest BCUT2D eigenvalue weighted by molar-refractivity contribution is 0.393. The van der Waals surface area contributed by atoms with Gasteiger partial charge in [0.25, 0.3) is 0 Å². The van der Waals surface area contributed by atoms with Gasteiger partial charge in [0, 0.05) is 34.0 Å². The molecule has 0 radical (unpaired) electrons. The van der Waals surface area contributed by atoms with Crippen LogP contribution in [0.5, 0.6) is 0 Å². The number of hydrogen-bond donors (Lipinski definition) is 2. The molecule has 1 aromatic rings. The largest absolute Gasteiger partial charge is 0.372 e. The van der Waals surface area contributed by atoms with Crippen molar-refractivity contribution in [3.63, 3.8) is 0 Å². The van der Waals surface area contributed by atoms with Crippen molar-refractivity contribution in [1.82, 2.24) is 0 Å². The van der Waals surface area contributed by atoms with Crippen molar-refractivity contribution in [2.24, 2.45) is 21.9 Å². The summed E-state index contributed by atoms with van der Waals surface area (Å²) in [7, 11) is 0. The van der Waals surface area contributed by atoms with Gasteiger partial charge in [-0.05, 0) is 75.9 Å². The predicted molar refractivity (Wildman–Crippen MR) is 128 cm³/mol. The minimum absolute atomic E-state index is 0.0612. The summed E-state index contributed by atoms with van der Waals surface area (Å²) in [5, 5.41) is 0. The van der Waals surface area contributed by atoms with E-state index in [9.17, 15) is 0 Å². The van der Waals surface area contributed by atoms with Crippen molar-refractivity contribution in [2.45, 2.75) is 57.3 Å². The maximum Gasteiger partial charge on any atom is 0.0778 e. The number of fused-ring (bicyclic) bond motifs is 2. The first-order valence-corrected chi connectivity index (χ1v) is 11.9. The van der Waals surface area contributed by atoms with E-state index in [1.54, 1.807) is 0 Å². The molecule has 2 aliphatic rings. The van der Waals surface area contributed by atoms with Crippen LogP contribution in [0.2, 0.25) is 0 Å². The molecule has 158 valence electrons. The lowest BCUT2D eigenvalue weighted by Gasteiger charge is -2.33. The van der Waals surface area contributed by atoms with Gasteiger partial charge in [-0.15, -0.1) is 0 Å². The van der Waals surface area contributed by atoms with Crippen LogP contribution in [0.25, 0.3) is 0 Å². The average Bonchev–Trinajstić information content (AvgIpc) is 2.74. The van der Waals surface area contributed by atoms with Crippen LogP contribution in [0.15, 0.2) is 51.2 Å². The number of benzene rings is 1. The lowest BCUT2D eigenvalue weighted by atomic mass is 9.76. The SMILES string of the molecule is CCCN(CCC)c1ccc2c(c1)SC1=CC(CCCN)(CCCN)C=CC1=N2. The highest BCUT2D eigenvalue weighted by atomic mass is 32.2. The van der Waals surface area contributed by atoms with E-state index in [0.717, 1.165) is 76.1 Å². The molecule has 0 fully saturated rings. The first-order valence-electron chi connectivity index (χ1n) is 11.1. The Hall–Kier alpha value is -1.56. The molecular weight excluding hydrogens is 376 g/mol. The molecule has 0 bridgehead atoms. The number of anilines is 1. The highest BCUT2D eigenvalue weighted by Gasteiger charge is 2.30. The Kier molecular flexibility index (Phi) is 7.99. The predicted octanol–water partition coefficient (Wildman–Crippen LogP) is 5.41. The quantitative estimate of drug-likeness (QED) is 0.510. The van der Waals surface area contributed by atoms with Crippen LogP contribution in [0.1, 0.15) is 52.4 Å². The second kappa shape index (κ2) is 10.5. The van der Waals surface area contributed by atoms with Gasteiger partial charge in [0.15, 0.2) is 0 Å². The van der Waals surface area contributed by atoms with Gasteiger partial charge in [0.2, 0.25) is 0 Å². The third kappa shape index (κ3) is 5.33. The van der Waals surface area contributed by atoms with E-state index in [1.165, 1.54) is 15.5 Å². The number of nitrogens with two attached hydrogens (primary N) is 2. The van der Waals surface area contributed by atoms with Crippen molar-refractivity contribution in [3.8, 4) is 0 Å². The van der Waals surface area contributed by atoms with Gasteiger partial charge in [-0.25, -0.2) is 4.99 Å². The Morgan fingerprint density at radius 3 is 2.34 bits per heavy atom. The Bertz CT molecular complexity index is 767. The van der Waals surface area contributed by atoms with Crippen LogP contribution in [-0.2, 0) is 0 Å². The van der Waals surface area contributed by atoms with E-state index < -0.39 is 0 Å². The molecule has 1 heterocycles. The summed E-state index contributed by atoms with van der Waals surface area (Å²) in [6, 6.07) is 6.73. The fraction of sp³-hybridized carbons (Fsp3) is 0.542. The van der Waals surface area contributed by atoms with E-state index >= 15 is 0 Å². The topological polar surface area (TPSA) is 67.6 Å². The average molecular weight is 413 g/mol. The first-order chi connectivity index (χ1) is 14.1.